The standard InChI is InChI=1S/C32H37FN4O2/c1-21(38)37(2)27-14-8-22(9-15-27)16-31(39)36-30-17-28(23-6-4-3-5-7-23)29(20-35-30)24-10-12-25(13-11-24)32(34)18-26(33)19-32/h3-7,10-13,17,20,22,26-27H,8-9,14-16,18-19,34H2,1-2H3,(H,35,36,39)/t22-,26?,27-,32?. The van der Waals surface area contributed by atoms with Gasteiger partial charge in [-0.25, -0.2) is 9.37 Å². The van der Waals surface area contributed by atoms with Crippen LogP contribution in [0.3, 0.4) is 0 Å². The summed E-state index contributed by atoms with van der Waals surface area (Å²) in [6.07, 6.45) is 5.86. The van der Waals surface area contributed by atoms with E-state index in [4.69, 9.17) is 5.73 Å². The molecule has 2 amide bonds. The minimum absolute atomic E-state index is 0.0399. The average Bonchev–Trinajstić information content (AvgIpc) is 2.93. The first-order chi connectivity index (χ1) is 18.7. The van der Waals surface area contributed by atoms with Crippen molar-refractivity contribution in [2.45, 2.75) is 69.6 Å². The number of hydrogen-bond donors (Lipinski definition) is 2. The molecule has 0 radical (unpaired) electrons. The first kappa shape index (κ1) is 27.0. The highest BCUT2D eigenvalue weighted by atomic mass is 19.1. The zero-order chi connectivity index (χ0) is 27.6. The summed E-state index contributed by atoms with van der Waals surface area (Å²) < 4.78 is 13.5. The number of amides is 2. The smallest absolute Gasteiger partial charge is 0.225 e. The number of halogens is 1. The topological polar surface area (TPSA) is 88.3 Å². The van der Waals surface area contributed by atoms with Crippen molar-refractivity contribution >= 4 is 17.6 Å². The van der Waals surface area contributed by atoms with E-state index >= 15 is 0 Å². The van der Waals surface area contributed by atoms with Crippen molar-refractivity contribution in [3.05, 3.63) is 72.4 Å². The van der Waals surface area contributed by atoms with E-state index in [1.165, 1.54) is 0 Å². The second kappa shape index (κ2) is 11.3. The third-order valence-electron chi connectivity index (χ3n) is 8.53. The highest BCUT2D eigenvalue weighted by Gasteiger charge is 2.42. The number of carbonyl (C=O) groups is 2. The summed E-state index contributed by atoms with van der Waals surface area (Å²) in [6, 6.07) is 20.2. The summed E-state index contributed by atoms with van der Waals surface area (Å²) in [5.41, 5.74) is 10.7. The maximum absolute atomic E-state index is 13.5. The summed E-state index contributed by atoms with van der Waals surface area (Å²) >= 11 is 0. The van der Waals surface area contributed by atoms with Crippen LogP contribution in [0.1, 0.15) is 57.4 Å². The molecule has 0 spiro atoms. The van der Waals surface area contributed by atoms with Crippen LogP contribution in [0.5, 0.6) is 0 Å². The molecule has 0 atom stereocenters. The lowest BCUT2D eigenvalue weighted by molar-refractivity contribution is -0.130. The molecule has 1 heterocycles. The summed E-state index contributed by atoms with van der Waals surface area (Å²) in [4.78, 5) is 31.0. The molecule has 6 nitrogen and oxygen atoms in total. The Labute approximate surface area is 229 Å². The normalized spacial score (nSPS) is 24.5. The van der Waals surface area contributed by atoms with Crippen LogP contribution < -0.4 is 11.1 Å². The van der Waals surface area contributed by atoms with Crippen LogP contribution >= 0.6 is 0 Å². The van der Waals surface area contributed by atoms with Gasteiger partial charge in [0.15, 0.2) is 0 Å². The Kier molecular flexibility index (Phi) is 7.80. The van der Waals surface area contributed by atoms with Gasteiger partial charge in [-0.05, 0) is 59.9 Å². The first-order valence-corrected chi connectivity index (χ1v) is 13.8. The van der Waals surface area contributed by atoms with Gasteiger partial charge in [0, 0.05) is 56.6 Å². The van der Waals surface area contributed by atoms with Crippen LogP contribution in [0.15, 0.2) is 66.9 Å². The summed E-state index contributed by atoms with van der Waals surface area (Å²) in [6.45, 7) is 1.60. The van der Waals surface area contributed by atoms with Crippen LogP contribution in [0.4, 0.5) is 10.2 Å². The number of nitrogens with zero attached hydrogens (tertiary/aromatic N) is 2. The SMILES string of the molecule is CC(=O)N(C)[C@H]1CC[C@H](CC(=O)Nc2cc(-c3ccccc3)c(-c3ccc(C4(N)CC(F)C4)cc3)cn2)CC1. The molecule has 3 N–H and O–H groups in total. The van der Waals surface area contributed by atoms with E-state index in [0.717, 1.165) is 53.5 Å². The lowest BCUT2D eigenvalue weighted by Crippen LogP contribution is -2.50. The highest BCUT2D eigenvalue weighted by molar-refractivity contribution is 5.92. The van der Waals surface area contributed by atoms with Gasteiger partial charge >= 0.3 is 0 Å². The number of alkyl halides is 1. The minimum Gasteiger partial charge on any atom is -0.343 e. The molecule has 2 aromatic carbocycles. The Morgan fingerprint density at radius 2 is 1.64 bits per heavy atom. The number of rotatable bonds is 7. The number of pyridine rings is 1. The zero-order valence-electron chi connectivity index (χ0n) is 22.7. The summed E-state index contributed by atoms with van der Waals surface area (Å²) in [7, 11) is 1.86. The molecule has 5 rings (SSSR count). The van der Waals surface area contributed by atoms with Gasteiger partial charge in [0.05, 0.1) is 0 Å². The number of hydrogen-bond acceptors (Lipinski definition) is 4. The van der Waals surface area contributed by atoms with Crippen molar-refractivity contribution in [1.82, 2.24) is 9.88 Å². The molecule has 0 bridgehead atoms. The molecule has 0 unspecified atom stereocenters. The van der Waals surface area contributed by atoms with E-state index < -0.39 is 11.7 Å². The summed E-state index contributed by atoms with van der Waals surface area (Å²) in [5, 5.41) is 3.01. The monoisotopic (exact) mass is 528 g/mol. The Morgan fingerprint density at radius 1 is 1.00 bits per heavy atom. The molecule has 2 fully saturated rings. The van der Waals surface area contributed by atoms with Gasteiger partial charge in [-0.1, -0.05) is 54.6 Å². The fourth-order valence-electron chi connectivity index (χ4n) is 6.01. The van der Waals surface area contributed by atoms with Gasteiger partial charge in [0.2, 0.25) is 11.8 Å². The van der Waals surface area contributed by atoms with Gasteiger partial charge in [0.1, 0.15) is 12.0 Å². The van der Waals surface area contributed by atoms with E-state index in [1.807, 2.05) is 72.6 Å². The highest BCUT2D eigenvalue weighted by Crippen LogP contribution is 2.42. The molecule has 2 aliphatic rings. The molecule has 2 saturated carbocycles. The van der Waals surface area contributed by atoms with Crippen molar-refractivity contribution in [3.8, 4) is 22.3 Å². The third-order valence-corrected chi connectivity index (χ3v) is 8.53. The number of aromatic nitrogens is 1. The second-order valence-electron chi connectivity index (χ2n) is 11.3. The average molecular weight is 529 g/mol. The Morgan fingerprint density at radius 3 is 2.26 bits per heavy atom. The maximum Gasteiger partial charge on any atom is 0.225 e. The van der Waals surface area contributed by atoms with Crippen molar-refractivity contribution < 1.29 is 14.0 Å². The fraction of sp³-hybridized carbons (Fsp3) is 0.406. The molecule has 0 aliphatic heterocycles. The second-order valence-corrected chi connectivity index (χ2v) is 11.3. The predicted octanol–water partition coefficient (Wildman–Crippen LogP) is 6.07. The number of carbonyl (C=O) groups excluding carboxylic acids is 2. The van der Waals surface area contributed by atoms with E-state index in [0.29, 0.717) is 31.0 Å². The molecule has 0 saturated heterocycles. The Hall–Kier alpha value is -3.58. The van der Waals surface area contributed by atoms with Crippen LogP contribution in [0, 0.1) is 5.92 Å². The lowest BCUT2D eigenvalue weighted by Gasteiger charge is -2.41. The van der Waals surface area contributed by atoms with Gasteiger partial charge < -0.3 is 16.0 Å². The van der Waals surface area contributed by atoms with Gasteiger partial charge in [0.25, 0.3) is 0 Å². The molecule has 7 heteroatoms. The number of anilines is 1. The fourth-order valence-corrected chi connectivity index (χ4v) is 6.01. The molecular formula is C32H37FN4O2. The first-order valence-electron chi connectivity index (χ1n) is 13.8. The molecule has 1 aromatic heterocycles. The van der Waals surface area contributed by atoms with Crippen LogP contribution in [0.2, 0.25) is 0 Å². The molecular weight excluding hydrogens is 491 g/mol. The Balaban J connectivity index is 1.30. The minimum atomic E-state index is -0.824. The molecule has 2 aliphatic carbocycles. The quantitative estimate of drug-likeness (QED) is 0.390. The number of benzene rings is 2. The van der Waals surface area contributed by atoms with E-state index in [1.54, 1.807) is 13.1 Å². The van der Waals surface area contributed by atoms with Crippen molar-refractivity contribution in [2.75, 3.05) is 12.4 Å². The van der Waals surface area contributed by atoms with Crippen molar-refractivity contribution in [2.24, 2.45) is 11.7 Å². The lowest BCUT2D eigenvalue weighted by atomic mass is 9.71. The zero-order valence-corrected chi connectivity index (χ0v) is 22.7. The number of nitrogens with one attached hydrogen (secondary N) is 1. The van der Waals surface area contributed by atoms with Gasteiger partial charge in [-0.15, -0.1) is 0 Å². The van der Waals surface area contributed by atoms with Crippen LogP contribution in [0.25, 0.3) is 22.3 Å². The molecule has 39 heavy (non-hydrogen) atoms. The van der Waals surface area contributed by atoms with Crippen LogP contribution in [-0.4, -0.2) is 41.0 Å². The molecule has 204 valence electrons. The molecule has 3 aromatic rings. The third kappa shape index (κ3) is 6.04. The summed E-state index contributed by atoms with van der Waals surface area (Å²) in [5.74, 6) is 0.880. The maximum atomic E-state index is 13.5. The van der Waals surface area contributed by atoms with E-state index in [2.05, 4.69) is 10.3 Å². The predicted molar refractivity (Wildman–Crippen MR) is 153 cm³/mol. The Bertz CT molecular complexity index is 1310. The van der Waals surface area contributed by atoms with E-state index in [9.17, 15) is 14.0 Å². The van der Waals surface area contributed by atoms with Gasteiger partial charge in [-0.2, -0.15) is 0 Å². The van der Waals surface area contributed by atoms with E-state index in [-0.39, 0.29) is 17.9 Å². The number of nitrogens with two attached hydrogens (primary N) is 1. The van der Waals surface area contributed by atoms with Crippen molar-refractivity contribution in [3.63, 3.8) is 0 Å². The van der Waals surface area contributed by atoms with Crippen LogP contribution in [-0.2, 0) is 15.1 Å². The van der Waals surface area contributed by atoms with Gasteiger partial charge in [-0.3, -0.25) is 9.59 Å². The van der Waals surface area contributed by atoms with Crippen molar-refractivity contribution in [1.29, 1.82) is 0 Å². The largest absolute Gasteiger partial charge is 0.343 e.